The Morgan fingerprint density at radius 1 is 1.25 bits per heavy atom. The fourth-order valence-corrected chi connectivity index (χ4v) is 2.77. The lowest BCUT2D eigenvalue weighted by Gasteiger charge is -2.18. The highest BCUT2D eigenvalue weighted by molar-refractivity contribution is 5.84. The van der Waals surface area contributed by atoms with E-state index in [9.17, 15) is 4.79 Å². The van der Waals surface area contributed by atoms with Crippen molar-refractivity contribution in [2.75, 3.05) is 5.32 Å². The van der Waals surface area contributed by atoms with E-state index in [4.69, 9.17) is 0 Å². The predicted octanol–water partition coefficient (Wildman–Crippen LogP) is 3.50. The molecule has 1 aliphatic carbocycles. The van der Waals surface area contributed by atoms with Crippen LogP contribution in [0, 0.1) is 0 Å². The van der Waals surface area contributed by atoms with Crippen LogP contribution < -0.4 is 10.6 Å². The maximum Gasteiger partial charge on any atom is 0.242 e. The Morgan fingerprint density at radius 3 is 2.50 bits per heavy atom. The van der Waals surface area contributed by atoms with E-state index in [0.717, 1.165) is 31.4 Å². The van der Waals surface area contributed by atoms with Crippen LogP contribution in [0.1, 0.15) is 51.5 Å². The van der Waals surface area contributed by atoms with Gasteiger partial charge in [-0.2, -0.15) is 0 Å². The summed E-state index contributed by atoms with van der Waals surface area (Å²) in [6.45, 7) is 4.10. The summed E-state index contributed by atoms with van der Waals surface area (Å²) in [6.07, 6.45) is 7.01. The zero-order valence-electron chi connectivity index (χ0n) is 12.6. The fourth-order valence-electron chi connectivity index (χ4n) is 2.77. The molecule has 0 bridgehead atoms. The van der Waals surface area contributed by atoms with Gasteiger partial charge in [0.1, 0.15) is 6.04 Å². The number of amides is 1. The third-order valence-corrected chi connectivity index (χ3v) is 3.97. The van der Waals surface area contributed by atoms with Gasteiger partial charge in [-0.05, 0) is 43.9 Å². The van der Waals surface area contributed by atoms with E-state index in [-0.39, 0.29) is 11.9 Å². The molecule has 1 unspecified atom stereocenters. The highest BCUT2D eigenvalue weighted by Crippen LogP contribution is 2.18. The molecule has 0 heterocycles. The van der Waals surface area contributed by atoms with E-state index in [1.54, 1.807) is 0 Å². The Balaban J connectivity index is 1.83. The zero-order chi connectivity index (χ0) is 14.4. The van der Waals surface area contributed by atoms with Gasteiger partial charge in [0.2, 0.25) is 5.91 Å². The maximum atomic E-state index is 12.1. The number of hydrogen-bond acceptors (Lipinski definition) is 2. The lowest BCUT2D eigenvalue weighted by atomic mass is 10.1. The molecule has 20 heavy (non-hydrogen) atoms. The number of benzene rings is 1. The van der Waals surface area contributed by atoms with Gasteiger partial charge in [0.15, 0.2) is 0 Å². The van der Waals surface area contributed by atoms with Gasteiger partial charge in [0.25, 0.3) is 0 Å². The molecule has 0 saturated heterocycles. The van der Waals surface area contributed by atoms with Crippen LogP contribution in [-0.2, 0) is 11.2 Å². The van der Waals surface area contributed by atoms with E-state index < -0.39 is 0 Å². The Bertz CT molecular complexity index is 421. The van der Waals surface area contributed by atoms with E-state index >= 15 is 0 Å². The molecule has 110 valence electrons. The van der Waals surface area contributed by atoms with Crippen molar-refractivity contribution in [3.05, 3.63) is 29.8 Å². The van der Waals surface area contributed by atoms with E-state index in [1.165, 1.54) is 18.4 Å². The van der Waals surface area contributed by atoms with Crippen LogP contribution in [0.5, 0.6) is 0 Å². The standard InChI is InChI=1S/C17H26N2O/c1-3-6-14-9-11-16(12-10-14)18-13(2)17(20)19-15-7-4-5-8-15/h9-13,15,18H,3-8H2,1-2H3,(H,19,20). The Hall–Kier alpha value is -1.51. The summed E-state index contributed by atoms with van der Waals surface area (Å²) in [5, 5.41) is 6.40. The maximum absolute atomic E-state index is 12.1. The number of aryl methyl sites for hydroxylation is 1. The molecule has 2 N–H and O–H groups in total. The summed E-state index contributed by atoms with van der Waals surface area (Å²) in [6, 6.07) is 8.58. The fraction of sp³-hybridized carbons (Fsp3) is 0.588. The molecule has 1 aromatic rings. The molecule has 0 aliphatic heterocycles. The average Bonchev–Trinajstić information content (AvgIpc) is 2.94. The second-order valence-electron chi connectivity index (χ2n) is 5.80. The molecule has 1 aliphatic rings. The molecule has 0 radical (unpaired) electrons. The van der Waals surface area contributed by atoms with Crippen LogP contribution in [0.2, 0.25) is 0 Å². The highest BCUT2D eigenvalue weighted by atomic mass is 16.2. The monoisotopic (exact) mass is 274 g/mol. The summed E-state index contributed by atoms with van der Waals surface area (Å²) < 4.78 is 0. The van der Waals surface area contributed by atoms with Crippen molar-refractivity contribution in [3.63, 3.8) is 0 Å². The van der Waals surface area contributed by atoms with Crippen LogP contribution in [0.4, 0.5) is 5.69 Å². The molecule has 1 amide bonds. The Morgan fingerprint density at radius 2 is 1.90 bits per heavy atom. The molecule has 1 aromatic carbocycles. The Labute approximate surface area is 122 Å². The highest BCUT2D eigenvalue weighted by Gasteiger charge is 2.20. The number of nitrogens with one attached hydrogen (secondary N) is 2. The predicted molar refractivity (Wildman–Crippen MR) is 83.9 cm³/mol. The molecule has 1 fully saturated rings. The van der Waals surface area contributed by atoms with Crippen molar-refractivity contribution in [2.45, 2.75) is 64.5 Å². The second kappa shape index (κ2) is 7.32. The van der Waals surface area contributed by atoms with Crippen molar-refractivity contribution in [1.82, 2.24) is 5.32 Å². The molecule has 0 spiro atoms. The molecule has 3 heteroatoms. The van der Waals surface area contributed by atoms with E-state index in [2.05, 4.69) is 41.8 Å². The van der Waals surface area contributed by atoms with Crippen molar-refractivity contribution < 1.29 is 4.79 Å². The average molecular weight is 274 g/mol. The van der Waals surface area contributed by atoms with Gasteiger partial charge in [-0.3, -0.25) is 4.79 Å². The summed E-state index contributed by atoms with van der Waals surface area (Å²) in [5.41, 5.74) is 2.36. The molecular formula is C17H26N2O. The van der Waals surface area contributed by atoms with Crippen molar-refractivity contribution in [1.29, 1.82) is 0 Å². The second-order valence-corrected chi connectivity index (χ2v) is 5.80. The van der Waals surface area contributed by atoms with Gasteiger partial charge < -0.3 is 10.6 Å². The van der Waals surface area contributed by atoms with Crippen LogP contribution in [0.3, 0.4) is 0 Å². The first-order valence-corrected chi connectivity index (χ1v) is 7.85. The Kier molecular flexibility index (Phi) is 5.45. The smallest absolute Gasteiger partial charge is 0.242 e. The van der Waals surface area contributed by atoms with Crippen LogP contribution in [-0.4, -0.2) is 18.0 Å². The number of rotatable bonds is 6. The van der Waals surface area contributed by atoms with E-state index in [1.807, 2.05) is 6.92 Å². The van der Waals surface area contributed by atoms with Gasteiger partial charge >= 0.3 is 0 Å². The molecule has 0 aromatic heterocycles. The largest absolute Gasteiger partial charge is 0.374 e. The lowest BCUT2D eigenvalue weighted by Crippen LogP contribution is -2.42. The number of anilines is 1. The van der Waals surface area contributed by atoms with Crippen molar-refractivity contribution in [2.24, 2.45) is 0 Å². The molecule has 1 atom stereocenters. The number of carbonyl (C=O) groups excluding carboxylic acids is 1. The van der Waals surface area contributed by atoms with Gasteiger partial charge in [-0.1, -0.05) is 38.3 Å². The minimum atomic E-state index is -0.187. The molecule has 2 rings (SSSR count). The summed E-state index contributed by atoms with van der Waals surface area (Å²) in [5.74, 6) is 0.106. The van der Waals surface area contributed by atoms with Crippen molar-refractivity contribution in [3.8, 4) is 0 Å². The number of hydrogen-bond donors (Lipinski definition) is 2. The van der Waals surface area contributed by atoms with Crippen molar-refractivity contribution >= 4 is 11.6 Å². The van der Waals surface area contributed by atoms with Crippen LogP contribution in [0.25, 0.3) is 0 Å². The molecule has 1 saturated carbocycles. The quantitative estimate of drug-likeness (QED) is 0.833. The molecule has 3 nitrogen and oxygen atoms in total. The minimum Gasteiger partial charge on any atom is -0.374 e. The van der Waals surface area contributed by atoms with Gasteiger partial charge in [0.05, 0.1) is 0 Å². The number of carbonyl (C=O) groups is 1. The zero-order valence-corrected chi connectivity index (χ0v) is 12.6. The first kappa shape index (κ1) is 14.9. The van der Waals surface area contributed by atoms with E-state index in [0.29, 0.717) is 6.04 Å². The summed E-state index contributed by atoms with van der Waals surface area (Å²) in [7, 11) is 0. The summed E-state index contributed by atoms with van der Waals surface area (Å²) in [4.78, 5) is 12.1. The summed E-state index contributed by atoms with van der Waals surface area (Å²) >= 11 is 0. The minimum absolute atomic E-state index is 0.106. The van der Waals surface area contributed by atoms with Gasteiger partial charge in [-0.25, -0.2) is 0 Å². The molecular weight excluding hydrogens is 248 g/mol. The lowest BCUT2D eigenvalue weighted by molar-refractivity contribution is -0.122. The normalized spacial score (nSPS) is 16.9. The van der Waals surface area contributed by atoms with Crippen LogP contribution in [0.15, 0.2) is 24.3 Å². The topological polar surface area (TPSA) is 41.1 Å². The third-order valence-electron chi connectivity index (χ3n) is 3.97. The first-order valence-electron chi connectivity index (χ1n) is 7.85. The first-order chi connectivity index (χ1) is 9.69. The third kappa shape index (κ3) is 4.26. The van der Waals surface area contributed by atoms with Gasteiger partial charge in [0, 0.05) is 11.7 Å². The van der Waals surface area contributed by atoms with Gasteiger partial charge in [-0.15, -0.1) is 0 Å². The SMILES string of the molecule is CCCc1ccc(NC(C)C(=O)NC2CCCC2)cc1. The van der Waals surface area contributed by atoms with Crippen LogP contribution >= 0.6 is 0 Å².